The van der Waals surface area contributed by atoms with Gasteiger partial charge in [-0.25, -0.2) is 4.98 Å². The van der Waals surface area contributed by atoms with Gasteiger partial charge in [0.25, 0.3) is 5.56 Å². The molecule has 1 aliphatic rings. The van der Waals surface area contributed by atoms with E-state index in [0.717, 1.165) is 18.7 Å². The highest BCUT2D eigenvalue weighted by Crippen LogP contribution is 2.20. The Bertz CT molecular complexity index is 718. The Kier molecular flexibility index (Phi) is 3.65. The molecular weight excluding hydrogens is 270 g/mol. The predicted molar refractivity (Wildman–Crippen MR) is 79.9 cm³/mol. The van der Waals surface area contributed by atoms with Gasteiger partial charge in [0.1, 0.15) is 11.5 Å². The summed E-state index contributed by atoms with van der Waals surface area (Å²) in [6, 6.07) is 3.42. The maximum atomic E-state index is 12.4. The SMILES string of the molecule is Cc1cc([C@@H](C)O)c2nc(N3CCOCC3)cc(=O)n2c1. The van der Waals surface area contributed by atoms with Gasteiger partial charge in [-0.2, -0.15) is 0 Å². The second-order valence-electron chi connectivity index (χ2n) is 5.39. The van der Waals surface area contributed by atoms with Gasteiger partial charge in [-0.1, -0.05) is 0 Å². The average Bonchev–Trinajstić information content (AvgIpc) is 2.48. The van der Waals surface area contributed by atoms with Crippen molar-refractivity contribution in [1.82, 2.24) is 9.38 Å². The van der Waals surface area contributed by atoms with E-state index in [1.807, 2.05) is 17.9 Å². The van der Waals surface area contributed by atoms with Gasteiger partial charge in [-0.05, 0) is 25.5 Å². The minimum atomic E-state index is -0.674. The number of aryl methyl sites for hydroxylation is 1. The van der Waals surface area contributed by atoms with Crippen LogP contribution in [0.5, 0.6) is 0 Å². The van der Waals surface area contributed by atoms with E-state index in [1.165, 1.54) is 4.40 Å². The van der Waals surface area contributed by atoms with E-state index >= 15 is 0 Å². The normalized spacial score (nSPS) is 17.2. The van der Waals surface area contributed by atoms with Crippen LogP contribution in [0.3, 0.4) is 0 Å². The van der Waals surface area contributed by atoms with E-state index < -0.39 is 6.10 Å². The van der Waals surface area contributed by atoms with Crippen molar-refractivity contribution in [3.05, 3.63) is 39.8 Å². The summed E-state index contributed by atoms with van der Waals surface area (Å²) >= 11 is 0. The number of hydrogen-bond donors (Lipinski definition) is 1. The number of anilines is 1. The molecule has 21 heavy (non-hydrogen) atoms. The quantitative estimate of drug-likeness (QED) is 0.889. The third kappa shape index (κ3) is 2.64. The number of aliphatic hydroxyl groups excluding tert-OH is 1. The molecule has 112 valence electrons. The van der Waals surface area contributed by atoms with Crippen LogP contribution in [0.1, 0.15) is 24.2 Å². The van der Waals surface area contributed by atoms with Crippen LogP contribution >= 0.6 is 0 Å². The number of nitrogens with zero attached hydrogens (tertiary/aromatic N) is 3. The first kappa shape index (κ1) is 14.0. The molecule has 0 aliphatic carbocycles. The zero-order chi connectivity index (χ0) is 15.0. The van der Waals surface area contributed by atoms with Gasteiger partial charge < -0.3 is 14.7 Å². The maximum Gasteiger partial charge on any atom is 0.259 e. The largest absolute Gasteiger partial charge is 0.389 e. The minimum Gasteiger partial charge on any atom is -0.389 e. The molecule has 0 amide bonds. The van der Waals surface area contributed by atoms with Crippen molar-refractivity contribution in [2.75, 3.05) is 31.2 Å². The molecule has 6 heteroatoms. The third-order valence-corrected chi connectivity index (χ3v) is 3.70. The Labute approximate surface area is 122 Å². The van der Waals surface area contributed by atoms with E-state index in [1.54, 1.807) is 19.2 Å². The van der Waals surface area contributed by atoms with Crippen LogP contribution in [-0.4, -0.2) is 40.8 Å². The molecule has 0 radical (unpaired) electrons. The smallest absolute Gasteiger partial charge is 0.259 e. The average molecular weight is 289 g/mol. The summed E-state index contributed by atoms with van der Waals surface area (Å²) in [5.41, 5.74) is 1.97. The van der Waals surface area contributed by atoms with Crippen LogP contribution in [0.25, 0.3) is 5.65 Å². The van der Waals surface area contributed by atoms with E-state index in [0.29, 0.717) is 30.2 Å². The van der Waals surface area contributed by atoms with Gasteiger partial charge in [0, 0.05) is 30.9 Å². The van der Waals surface area contributed by atoms with Gasteiger partial charge in [-0.3, -0.25) is 9.20 Å². The van der Waals surface area contributed by atoms with Crippen molar-refractivity contribution >= 4 is 11.5 Å². The minimum absolute atomic E-state index is 0.132. The molecule has 0 unspecified atom stereocenters. The lowest BCUT2D eigenvalue weighted by atomic mass is 10.1. The number of aliphatic hydroxyl groups is 1. The lowest BCUT2D eigenvalue weighted by molar-refractivity contribution is 0.122. The van der Waals surface area contributed by atoms with Crippen LogP contribution in [0.15, 0.2) is 23.1 Å². The van der Waals surface area contributed by atoms with Gasteiger partial charge in [0.05, 0.1) is 19.3 Å². The van der Waals surface area contributed by atoms with Crippen LogP contribution in [0, 0.1) is 6.92 Å². The molecule has 0 spiro atoms. The summed E-state index contributed by atoms with van der Waals surface area (Å²) in [6.45, 7) is 6.30. The molecule has 3 rings (SSSR count). The molecule has 6 nitrogen and oxygen atoms in total. The van der Waals surface area contributed by atoms with Crippen molar-refractivity contribution in [3.63, 3.8) is 0 Å². The van der Waals surface area contributed by atoms with E-state index in [2.05, 4.69) is 4.98 Å². The highest BCUT2D eigenvalue weighted by molar-refractivity contribution is 5.55. The molecule has 2 aromatic heterocycles. The van der Waals surface area contributed by atoms with Crippen molar-refractivity contribution in [1.29, 1.82) is 0 Å². The number of rotatable bonds is 2. The first-order chi connectivity index (χ1) is 10.1. The monoisotopic (exact) mass is 289 g/mol. The van der Waals surface area contributed by atoms with Gasteiger partial charge in [0.15, 0.2) is 0 Å². The fraction of sp³-hybridized carbons (Fsp3) is 0.467. The lowest BCUT2D eigenvalue weighted by Crippen LogP contribution is -2.37. The number of fused-ring (bicyclic) bond motifs is 1. The molecule has 3 heterocycles. The molecule has 1 fully saturated rings. The Hall–Kier alpha value is -1.92. The predicted octanol–water partition coefficient (Wildman–Crippen LogP) is 0.893. The summed E-state index contributed by atoms with van der Waals surface area (Å²) in [4.78, 5) is 19.0. The Morgan fingerprint density at radius 2 is 2.05 bits per heavy atom. The molecule has 1 saturated heterocycles. The second kappa shape index (κ2) is 5.46. The first-order valence-electron chi connectivity index (χ1n) is 7.11. The van der Waals surface area contributed by atoms with Crippen molar-refractivity contribution < 1.29 is 9.84 Å². The maximum absolute atomic E-state index is 12.4. The Balaban J connectivity index is 2.19. The summed E-state index contributed by atoms with van der Waals surface area (Å²) in [6.07, 6.45) is 1.08. The topological polar surface area (TPSA) is 67.1 Å². The fourth-order valence-electron chi connectivity index (χ4n) is 2.62. The number of pyridine rings is 1. The first-order valence-corrected chi connectivity index (χ1v) is 7.11. The number of hydrogen-bond acceptors (Lipinski definition) is 5. The molecule has 0 saturated carbocycles. The molecule has 2 aromatic rings. The lowest BCUT2D eigenvalue weighted by Gasteiger charge is -2.28. The number of aromatic nitrogens is 2. The molecule has 1 atom stereocenters. The van der Waals surface area contributed by atoms with E-state index in [4.69, 9.17) is 4.74 Å². The summed E-state index contributed by atoms with van der Waals surface area (Å²) in [5.74, 6) is 0.647. The molecule has 0 bridgehead atoms. The van der Waals surface area contributed by atoms with Crippen LogP contribution in [-0.2, 0) is 4.74 Å². The van der Waals surface area contributed by atoms with Crippen LogP contribution in [0.4, 0.5) is 5.82 Å². The highest BCUT2D eigenvalue weighted by Gasteiger charge is 2.17. The standard InChI is InChI=1S/C15H19N3O3/c1-10-7-12(11(2)19)15-16-13(8-14(20)18(15)9-10)17-3-5-21-6-4-17/h7-9,11,19H,3-6H2,1-2H3/t11-/m1/s1. The van der Waals surface area contributed by atoms with Crippen molar-refractivity contribution in [2.24, 2.45) is 0 Å². The zero-order valence-corrected chi connectivity index (χ0v) is 12.2. The van der Waals surface area contributed by atoms with Crippen LogP contribution in [0.2, 0.25) is 0 Å². The van der Waals surface area contributed by atoms with Crippen molar-refractivity contribution in [2.45, 2.75) is 20.0 Å². The Morgan fingerprint density at radius 1 is 1.33 bits per heavy atom. The molecule has 1 N–H and O–H groups in total. The van der Waals surface area contributed by atoms with Gasteiger partial charge >= 0.3 is 0 Å². The number of morpholine rings is 1. The summed E-state index contributed by atoms with van der Waals surface area (Å²) < 4.78 is 6.83. The summed E-state index contributed by atoms with van der Waals surface area (Å²) in [5, 5.41) is 9.95. The van der Waals surface area contributed by atoms with E-state index in [9.17, 15) is 9.90 Å². The van der Waals surface area contributed by atoms with Crippen molar-refractivity contribution in [3.8, 4) is 0 Å². The van der Waals surface area contributed by atoms with Gasteiger partial charge in [-0.15, -0.1) is 0 Å². The highest BCUT2D eigenvalue weighted by atomic mass is 16.5. The third-order valence-electron chi connectivity index (χ3n) is 3.70. The summed E-state index contributed by atoms with van der Waals surface area (Å²) in [7, 11) is 0. The number of ether oxygens (including phenoxy) is 1. The fourth-order valence-corrected chi connectivity index (χ4v) is 2.62. The Morgan fingerprint density at radius 3 is 2.71 bits per heavy atom. The van der Waals surface area contributed by atoms with Crippen LogP contribution < -0.4 is 10.5 Å². The molecule has 0 aromatic carbocycles. The van der Waals surface area contributed by atoms with E-state index in [-0.39, 0.29) is 5.56 Å². The van der Waals surface area contributed by atoms with Gasteiger partial charge in [0.2, 0.25) is 0 Å². The zero-order valence-electron chi connectivity index (χ0n) is 12.2. The molecule has 1 aliphatic heterocycles. The second-order valence-corrected chi connectivity index (χ2v) is 5.39. The molecular formula is C15H19N3O3.